The Labute approximate surface area is 150 Å². The van der Waals surface area contributed by atoms with Gasteiger partial charge >= 0.3 is 0 Å². The maximum absolute atomic E-state index is 10.9. The molecule has 2 heteroatoms. The molecule has 0 bridgehead atoms. The normalized spacial score (nSPS) is 28.4. The van der Waals surface area contributed by atoms with Crippen LogP contribution in [-0.4, -0.2) is 19.4 Å². The van der Waals surface area contributed by atoms with E-state index in [4.69, 9.17) is 0 Å². The summed E-state index contributed by atoms with van der Waals surface area (Å²) in [5.41, 5.74) is 3.29. The van der Waals surface area contributed by atoms with Gasteiger partial charge in [0.25, 0.3) is 0 Å². The first kappa shape index (κ1) is 16.1. The van der Waals surface area contributed by atoms with Crippen molar-refractivity contribution in [2.75, 3.05) is 18.0 Å². The molecule has 0 amide bonds. The number of nitrogens with zero attached hydrogens (tertiary/aromatic N) is 1. The second-order valence-electron chi connectivity index (χ2n) is 7.59. The molecule has 128 valence electrons. The lowest BCUT2D eigenvalue weighted by Crippen LogP contribution is -2.22. The third-order valence-electron chi connectivity index (χ3n) is 6.07. The number of allylic oxidation sites excluding steroid dienone is 1. The van der Waals surface area contributed by atoms with Crippen molar-refractivity contribution in [3.63, 3.8) is 0 Å². The van der Waals surface area contributed by atoms with Crippen LogP contribution in [0.15, 0.2) is 60.7 Å². The zero-order valence-electron chi connectivity index (χ0n) is 14.7. The lowest BCUT2D eigenvalue weighted by atomic mass is 9.90. The van der Waals surface area contributed by atoms with Crippen LogP contribution in [0.4, 0.5) is 5.69 Å². The molecular formula is C23H25NO. The minimum absolute atomic E-state index is 0.666. The average Bonchev–Trinajstić information content (AvgIpc) is 3.22. The molecule has 1 saturated heterocycles. The first-order valence-corrected chi connectivity index (χ1v) is 9.28. The SMILES string of the molecule is C[C@@H]1C[C@H](/C=C/c2ccccc2)[C@H]2CN(c3ccc(C=O)cc3)C[C@H]21. The van der Waals surface area contributed by atoms with E-state index in [2.05, 4.69) is 66.4 Å². The number of benzene rings is 2. The van der Waals surface area contributed by atoms with Crippen LogP contribution in [0.25, 0.3) is 6.08 Å². The molecule has 2 aliphatic rings. The predicted molar refractivity (Wildman–Crippen MR) is 104 cm³/mol. The van der Waals surface area contributed by atoms with Crippen molar-refractivity contribution in [2.24, 2.45) is 23.7 Å². The van der Waals surface area contributed by atoms with Gasteiger partial charge in [0.05, 0.1) is 0 Å². The first-order chi connectivity index (χ1) is 12.2. The highest BCUT2D eigenvalue weighted by atomic mass is 16.1. The fourth-order valence-corrected chi connectivity index (χ4v) is 4.68. The molecule has 2 aromatic rings. The maximum Gasteiger partial charge on any atom is 0.150 e. The monoisotopic (exact) mass is 331 g/mol. The molecule has 1 heterocycles. The van der Waals surface area contributed by atoms with E-state index in [-0.39, 0.29) is 0 Å². The second-order valence-corrected chi connectivity index (χ2v) is 7.59. The van der Waals surface area contributed by atoms with Crippen LogP contribution in [0.3, 0.4) is 0 Å². The maximum atomic E-state index is 10.9. The summed E-state index contributed by atoms with van der Waals surface area (Å²) in [5.74, 6) is 2.95. The Morgan fingerprint density at radius 1 is 0.920 bits per heavy atom. The van der Waals surface area contributed by atoms with Gasteiger partial charge in [-0.3, -0.25) is 4.79 Å². The minimum atomic E-state index is 0.666. The van der Waals surface area contributed by atoms with E-state index >= 15 is 0 Å². The molecule has 2 nitrogen and oxygen atoms in total. The van der Waals surface area contributed by atoms with Gasteiger partial charge in [-0.2, -0.15) is 0 Å². The van der Waals surface area contributed by atoms with Crippen molar-refractivity contribution in [1.29, 1.82) is 0 Å². The van der Waals surface area contributed by atoms with Gasteiger partial charge in [-0.15, -0.1) is 0 Å². The van der Waals surface area contributed by atoms with Gasteiger partial charge in [0, 0.05) is 24.3 Å². The Kier molecular flexibility index (Phi) is 4.44. The van der Waals surface area contributed by atoms with Crippen molar-refractivity contribution in [2.45, 2.75) is 13.3 Å². The number of rotatable bonds is 4. The number of carbonyl (C=O) groups is 1. The summed E-state index contributed by atoms with van der Waals surface area (Å²) in [6, 6.07) is 18.6. The lowest BCUT2D eigenvalue weighted by Gasteiger charge is -2.22. The molecule has 0 unspecified atom stereocenters. The molecule has 0 N–H and O–H groups in total. The topological polar surface area (TPSA) is 20.3 Å². The molecule has 0 radical (unpaired) electrons. The predicted octanol–water partition coefficient (Wildman–Crippen LogP) is 4.92. The van der Waals surface area contributed by atoms with Gasteiger partial charge in [0.2, 0.25) is 0 Å². The van der Waals surface area contributed by atoms with E-state index in [9.17, 15) is 4.79 Å². The van der Waals surface area contributed by atoms with Gasteiger partial charge in [0.1, 0.15) is 6.29 Å². The third-order valence-corrected chi connectivity index (χ3v) is 6.07. The van der Waals surface area contributed by atoms with E-state index in [0.29, 0.717) is 5.92 Å². The smallest absolute Gasteiger partial charge is 0.150 e. The number of aldehydes is 1. The summed E-state index contributed by atoms with van der Waals surface area (Å²) in [6.45, 7) is 4.67. The van der Waals surface area contributed by atoms with E-state index in [1.54, 1.807) is 0 Å². The highest BCUT2D eigenvalue weighted by molar-refractivity contribution is 5.75. The zero-order chi connectivity index (χ0) is 17.2. The summed E-state index contributed by atoms with van der Waals surface area (Å²) in [5, 5.41) is 0. The molecule has 1 aliphatic heterocycles. The highest BCUT2D eigenvalue weighted by Crippen LogP contribution is 2.47. The van der Waals surface area contributed by atoms with Crippen LogP contribution in [0.1, 0.15) is 29.3 Å². The number of hydrogen-bond donors (Lipinski definition) is 0. The van der Waals surface area contributed by atoms with Gasteiger partial charge < -0.3 is 4.90 Å². The molecule has 4 rings (SSSR count). The van der Waals surface area contributed by atoms with E-state index in [1.165, 1.54) is 17.7 Å². The molecule has 25 heavy (non-hydrogen) atoms. The Balaban J connectivity index is 1.48. The van der Waals surface area contributed by atoms with Crippen LogP contribution in [0.2, 0.25) is 0 Å². The Hall–Kier alpha value is -2.35. The van der Waals surface area contributed by atoms with Crippen molar-refractivity contribution in [3.8, 4) is 0 Å². The average molecular weight is 331 g/mol. The standard InChI is InChI=1S/C23H25NO/c1-17-13-20(10-7-18-5-3-2-4-6-18)23-15-24(14-22(17)23)21-11-8-19(16-25)9-12-21/h2-12,16-17,20,22-23H,13-15H2,1H3/b10-7+/t17-,20+,22+,23-/m1/s1. The Bertz CT molecular complexity index is 749. The van der Waals surface area contributed by atoms with E-state index in [0.717, 1.165) is 42.7 Å². The zero-order valence-corrected chi connectivity index (χ0v) is 14.7. The molecule has 4 atom stereocenters. The molecule has 2 aromatic carbocycles. The highest BCUT2D eigenvalue weighted by Gasteiger charge is 2.45. The number of fused-ring (bicyclic) bond motifs is 1. The van der Waals surface area contributed by atoms with Crippen molar-refractivity contribution < 1.29 is 4.79 Å². The Morgan fingerprint density at radius 3 is 2.36 bits per heavy atom. The van der Waals surface area contributed by atoms with Crippen molar-refractivity contribution in [3.05, 3.63) is 71.8 Å². The van der Waals surface area contributed by atoms with Crippen LogP contribution < -0.4 is 4.90 Å². The molecule has 0 spiro atoms. The van der Waals surface area contributed by atoms with Crippen LogP contribution in [-0.2, 0) is 0 Å². The summed E-state index contributed by atoms with van der Waals surface area (Å²) < 4.78 is 0. The molecule has 2 fully saturated rings. The van der Waals surface area contributed by atoms with Gasteiger partial charge in [-0.1, -0.05) is 49.4 Å². The fraction of sp³-hybridized carbons (Fsp3) is 0.348. The number of hydrogen-bond acceptors (Lipinski definition) is 2. The van der Waals surface area contributed by atoms with E-state index in [1.807, 2.05) is 12.1 Å². The second kappa shape index (κ2) is 6.87. The molecular weight excluding hydrogens is 306 g/mol. The molecule has 1 saturated carbocycles. The van der Waals surface area contributed by atoms with Gasteiger partial charge in [-0.25, -0.2) is 0 Å². The number of carbonyl (C=O) groups excluding carboxylic acids is 1. The first-order valence-electron chi connectivity index (χ1n) is 9.28. The van der Waals surface area contributed by atoms with Crippen LogP contribution in [0, 0.1) is 23.7 Å². The van der Waals surface area contributed by atoms with Crippen LogP contribution in [0.5, 0.6) is 0 Å². The molecule has 1 aliphatic carbocycles. The Morgan fingerprint density at radius 2 is 1.64 bits per heavy atom. The van der Waals surface area contributed by atoms with Crippen molar-refractivity contribution in [1.82, 2.24) is 0 Å². The van der Waals surface area contributed by atoms with Gasteiger partial charge in [0.15, 0.2) is 0 Å². The largest absolute Gasteiger partial charge is 0.371 e. The molecule has 0 aromatic heterocycles. The van der Waals surface area contributed by atoms with Gasteiger partial charge in [-0.05, 0) is 59.9 Å². The summed E-state index contributed by atoms with van der Waals surface area (Å²) in [4.78, 5) is 13.4. The van der Waals surface area contributed by atoms with Crippen LogP contribution >= 0.6 is 0 Å². The minimum Gasteiger partial charge on any atom is -0.371 e. The quantitative estimate of drug-likeness (QED) is 0.741. The lowest BCUT2D eigenvalue weighted by molar-refractivity contribution is 0.112. The summed E-state index contributed by atoms with van der Waals surface area (Å²) in [6.07, 6.45) is 6.95. The fourth-order valence-electron chi connectivity index (χ4n) is 4.68. The number of anilines is 1. The summed E-state index contributed by atoms with van der Waals surface area (Å²) >= 11 is 0. The summed E-state index contributed by atoms with van der Waals surface area (Å²) in [7, 11) is 0. The van der Waals surface area contributed by atoms with E-state index < -0.39 is 0 Å². The van der Waals surface area contributed by atoms with Crippen molar-refractivity contribution >= 4 is 18.0 Å². The third kappa shape index (κ3) is 3.26.